The van der Waals surface area contributed by atoms with Gasteiger partial charge in [0.2, 0.25) is 5.95 Å². The first-order valence-corrected chi connectivity index (χ1v) is 13.5. The topological polar surface area (TPSA) is 268 Å². The Morgan fingerprint density at radius 1 is 1.22 bits per heavy atom. The Morgan fingerprint density at radius 2 is 1.98 bits per heavy atom. The van der Waals surface area contributed by atoms with Crippen molar-refractivity contribution in [2.75, 3.05) is 25.6 Å². The number of ether oxygens (including phenoxy) is 2. The first-order valence-electron chi connectivity index (χ1n) is 12.0. The summed E-state index contributed by atoms with van der Waals surface area (Å²) in [5.41, 5.74) is 2.26. The molecule has 0 aliphatic carbocycles. The number of anilines is 1. The third kappa shape index (κ3) is 4.73. The Balaban J connectivity index is 1.23. The molecule has 0 saturated carbocycles. The van der Waals surface area contributed by atoms with Crippen molar-refractivity contribution in [3.8, 4) is 0 Å². The fraction of sp³-hybridized carbons (Fsp3) is 0.500. The second-order valence-corrected chi connectivity index (χ2v) is 10.8. The monoisotopic (exact) mass is 599 g/mol. The van der Waals surface area contributed by atoms with Crippen LogP contribution in [0.1, 0.15) is 12.6 Å². The number of nitrogens with one attached hydrogen (secondary N) is 2. The van der Waals surface area contributed by atoms with Gasteiger partial charge in [-0.2, -0.15) is 4.98 Å². The molecule has 7 atom stereocenters. The van der Waals surface area contributed by atoms with E-state index < -0.39 is 68.6 Å². The zero-order valence-corrected chi connectivity index (χ0v) is 21.6. The van der Waals surface area contributed by atoms with Crippen LogP contribution in [0.4, 0.5) is 10.3 Å². The van der Waals surface area contributed by atoms with Crippen molar-refractivity contribution >= 4 is 36.1 Å². The summed E-state index contributed by atoms with van der Waals surface area (Å²) in [4.78, 5) is 55.3. The number of halogens is 1. The lowest BCUT2D eigenvalue weighted by Crippen LogP contribution is -2.37. The van der Waals surface area contributed by atoms with Crippen LogP contribution in [0.3, 0.4) is 0 Å². The van der Waals surface area contributed by atoms with Crippen LogP contribution in [-0.4, -0.2) is 98.4 Å². The van der Waals surface area contributed by atoms with E-state index in [2.05, 4.69) is 29.9 Å². The van der Waals surface area contributed by atoms with E-state index in [0.717, 1.165) is 23.5 Å². The molecule has 6 rings (SSSR count). The van der Waals surface area contributed by atoms with Crippen LogP contribution in [-0.2, 0) is 28.8 Å². The van der Waals surface area contributed by atoms with Crippen molar-refractivity contribution in [1.82, 2.24) is 39.0 Å². The number of phosphoric acid groups is 1. The smallest absolute Gasteiger partial charge is 0.394 e. The van der Waals surface area contributed by atoms with Gasteiger partial charge < -0.3 is 35.3 Å². The van der Waals surface area contributed by atoms with Crippen molar-refractivity contribution in [2.45, 2.75) is 42.9 Å². The summed E-state index contributed by atoms with van der Waals surface area (Å²) in [5, 5.41) is 20.1. The molecule has 0 bridgehead atoms. The van der Waals surface area contributed by atoms with E-state index in [1.165, 1.54) is 4.57 Å². The SMILES string of the molecule is Nc1nc2c(ncn2[C@@]2(OP(=O)(O)OC[C@H]3O[C@@H](n4cnc5c(=O)[nH]cnc54)[C@@H](F)[C@@H]3O)CO[C@H](CO)C2)c(=O)[nH]1. The average molecular weight is 599 g/mol. The van der Waals surface area contributed by atoms with Crippen molar-refractivity contribution in [3.05, 3.63) is 39.7 Å². The van der Waals surface area contributed by atoms with E-state index >= 15 is 4.39 Å². The van der Waals surface area contributed by atoms with Crippen LogP contribution < -0.4 is 16.9 Å². The minimum atomic E-state index is -5.06. The number of fused-ring (bicyclic) bond motifs is 2. The van der Waals surface area contributed by atoms with Crippen LogP contribution in [0, 0.1) is 0 Å². The van der Waals surface area contributed by atoms with Gasteiger partial charge >= 0.3 is 7.82 Å². The van der Waals surface area contributed by atoms with Crippen molar-refractivity contribution in [2.24, 2.45) is 0 Å². The molecule has 7 N–H and O–H groups in total. The van der Waals surface area contributed by atoms with Gasteiger partial charge in [0.05, 0.1) is 44.9 Å². The zero-order valence-electron chi connectivity index (χ0n) is 20.7. The van der Waals surface area contributed by atoms with Gasteiger partial charge in [-0.05, 0) is 0 Å². The number of nitrogens with zero attached hydrogens (tertiary/aromatic N) is 6. The largest absolute Gasteiger partial charge is 0.474 e. The van der Waals surface area contributed by atoms with Gasteiger partial charge in [-0.15, -0.1) is 0 Å². The first kappa shape index (κ1) is 27.5. The highest BCUT2D eigenvalue weighted by Gasteiger charge is 2.51. The normalized spacial score (nSPS) is 29.9. The number of aliphatic hydroxyl groups is 2. The van der Waals surface area contributed by atoms with Crippen molar-refractivity contribution in [1.29, 1.82) is 0 Å². The van der Waals surface area contributed by atoms with Gasteiger partial charge in [0.1, 0.15) is 12.2 Å². The lowest BCUT2D eigenvalue weighted by atomic mass is 10.1. The summed E-state index contributed by atoms with van der Waals surface area (Å²) in [5.74, 6) is -0.256. The van der Waals surface area contributed by atoms with Gasteiger partial charge in [0.25, 0.3) is 11.1 Å². The Kier molecular flexibility index (Phi) is 6.74. The number of aliphatic hydroxyl groups excluding tert-OH is 2. The molecule has 2 saturated heterocycles. The van der Waals surface area contributed by atoms with E-state index in [-0.39, 0.29) is 41.3 Å². The predicted octanol–water partition coefficient (Wildman–Crippen LogP) is -2.00. The maximum atomic E-state index is 15.1. The number of aromatic amines is 2. The second-order valence-electron chi connectivity index (χ2n) is 9.42. The molecule has 0 spiro atoms. The Bertz CT molecular complexity index is 1780. The second kappa shape index (κ2) is 10.0. The fourth-order valence-corrected chi connectivity index (χ4v) is 5.90. The van der Waals surface area contributed by atoms with Gasteiger partial charge in [-0.1, -0.05) is 0 Å². The fourth-order valence-electron chi connectivity index (χ4n) is 4.86. The number of hydrogen-bond acceptors (Lipinski definition) is 14. The van der Waals surface area contributed by atoms with Crippen LogP contribution in [0.25, 0.3) is 22.3 Å². The molecule has 1 unspecified atom stereocenters. The number of alkyl halides is 1. The first-order chi connectivity index (χ1) is 19.5. The Morgan fingerprint density at radius 3 is 2.73 bits per heavy atom. The molecule has 220 valence electrons. The summed E-state index contributed by atoms with van der Waals surface area (Å²) in [6.07, 6.45) is -4.47. The summed E-state index contributed by atoms with van der Waals surface area (Å²) < 4.78 is 52.2. The highest BCUT2D eigenvalue weighted by molar-refractivity contribution is 7.47. The van der Waals surface area contributed by atoms with Crippen LogP contribution >= 0.6 is 7.82 Å². The Labute approximate surface area is 226 Å². The molecule has 0 aromatic carbocycles. The molecule has 21 heteroatoms. The quantitative estimate of drug-likeness (QED) is 0.120. The van der Waals surface area contributed by atoms with E-state index in [1.54, 1.807) is 0 Å². The number of H-pyrrole nitrogens is 2. The highest BCUT2D eigenvalue weighted by atomic mass is 31.2. The number of aromatic nitrogens is 8. The summed E-state index contributed by atoms with van der Waals surface area (Å²) in [6, 6.07) is 0. The third-order valence-corrected chi connectivity index (χ3v) is 7.83. The molecule has 4 aromatic heterocycles. The highest BCUT2D eigenvalue weighted by Crippen LogP contribution is 2.53. The molecule has 0 amide bonds. The number of rotatable bonds is 8. The molecular formula is C20H23FN9O10P. The molecule has 19 nitrogen and oxygen atoms in total. The van der Waals surface area contributed by atoms with Crippen LogP contribution in [0.2, 0.25) is 0 Å². The number of nitrogens with two attached hydrogens (primary N) is 1. The molecular weight excluding hydrogens is 576 g/mol. The van der Waals surface area contributed by atoms with Gasteiger partial charge in [-0.3, -0.25) is 32.8 Å². The maximum Gasteiger partial charge on any atom is 0.474 e. The van der Waals surface area contributed by atoms with E-state index in [1.807, 2.05) is 0 Å². The minimum absolute atomic E-state index is 0.00594. The van der Waals surface area contributed by atoms with Gasteiger partial charge in [-0.25, -0.2) is 23.9 Å². The Hall–Kier alpha value is -3.62. The lowest BCUT2D eigenvalue weighted by Gasteiger charge is -2.31. The molecule has 4 aromatic rings. The molecule has 2 aliphatic rings. The van der Waals surface area contributed by atoms with E-state index in [9.17, 15) is 29.3 Å². The average Bonchev–Trinajstić information content (AvgIpc) is 3.69. The molecule has 2 fully saturated rings. The minimum Gasteiger partial charge on any atom is -0.394 e. The summed E-state index contributed by atoms with van der Waals surface area (Å²) in [6.45, 7) is -1.65. The number of imidazole rings is 2. The third-order valence-electron chi connectivity index (χ3n) is 6.78. The number of phosphoric ester groups is 1. The van der Waals surface area contributed by atoms with E-state index in [4.69, 9.17) is 24.3 Å². The molecule has 41 heavy (non-hydrogen) atoms. The molecule has 0 radical (unpaired) electrons. The molecule has 6 heterocycles. The number of hydrogen-bond donors (Lipinski definition) is 6. The standard InChI is InChI=1S/C20H23FN9O10P/c21-10-13(32)9(39-18(10)29-6-25-11-14(29)23-5-24-16(11)33)3-38-41(35,36)40-20(1-8(2-31)37-4-20)30-7-26-12-15(30)27-19(22)28-17(12)34/h5-10,13,18,31-32H,1-4H2,(H,35,36)(H,23,24,33)(H3,22,27,28,34)/t8-,9+,10-,13+,18+,20-/m0/s1. The van der Waals surface area contributed by atoms with Gasteiger partial charge in [0.15, 0.2) is 40.5 Å². The summed E-state index contributed by atoms with van der Waals surface area (Å²) in [7, 11) is -5.06. The zero-order chi connectivity index (χ0) is 29.1. The maximum absolute atomic E-state index is 15.1. The predicted molar refractivity (Wildman–Crippen MR) is 132 cm³/mol. The van der Waals surface area contributed by atoms with Crippen molar-refractivity contribution in [3.63, 3.8) is 0 Å². The summed E-state index contributed by atoms with van der Waals surface area (Å²) >= 11 is 0. The van der Waals surface area contributed by atoms with E-state index in [0.29, 0.717) is 0 Å². The number of nitrogen functional groups attached to an aromatic ring is 1. The molecule has 2 aliphatic heterocycles. The van der Waals surface area contributed by atoms with Crippen LogP contribution in [0.5, 0.6) is 0 Å². The lowest BCUT2D eigenvalue weighted by molar-refractivity contribution is -0.0680. The van der Waals surface area contributed by atoms with Crippen LogP contribution in [0.15, 0.2) is 28.6 Å². The van der Waals surface area contributed by atoms with Crippen molar-refractivity contribution < 1.29 is 42.6 Å². The van der Waals surface area contributed by atoms with Gasteiger partial charge in [0, 0.05) is 6.42 Å².